The number of benzene rings is 1. The van der Waals surface area contributed by atoms with Crippen molar-refractivity contribution >= 4 is 44.6 Å². The largest absolute Gasteiger partial charge is 0.408 e. The van der Waals surface area contributed by atoms with Crippen LogP contribution in [0.1, 0.15) is 50.0 Å². The molecule has 1 aliphatic rings. The van der Waals surface area contributed by atoms with Crippen LogP contribution in [-0.2, 0) is 16.4 Å². The summed E-state index contributed by atoms with van der Waals surface area (Å²) in [5.41, 5.74) is 1.02. The van der Waals surface area contributed by atoms with Crippen LogP contribution < -0.4 is 10.6 Å². The van der Waals surface area contributed by atoms with E-state index >= 15 is 0 Å². The Bertz CT molecular complexity index is 1210. The monoisotopic (exact) mass is 568 g/mol. The van der Waals surface area contributed by atoms with Gasteiger partial charge in [-0.15, -0.1) is 0 Å². The first-order chi connectivity index (χ1) is 16.7. The summed E-state index contributed by atoms with van der Waals surface area (Å²) in [6.45, 7) is 3.56. The molecule has 1 amide bonds. The molecular formula is C23H29Cl2F3N4O3S. The van der Waals surface area contributed by atoms with Crippen LogP contribution in [-0.4, -0.2) is 54.4 Å². The van der Waals surface area contributed by atoms with Gasteiger partial charge in [0, 0.05) is 30.6 Å². The summed E-state index contributed by atoms with van der Waals surface area (Å²) in [5, 5.41) is 9.44. The number of nitrogens with zero attached hydrogens (tertiary/aromatic N) is 2. The first-order valence-corrected chi connectivity index (χ1v) is 14.3. The number of aryl methyl sites for hydroxylation is 1. The predicted octanol–water partition coefficient (Wildman–Crippen LogP) is 5.57. The van der Waals surface area contributed by atoms with Crippen LogP contribution in [0.2, 0.25) is 10.0 Å². The van der Waals surface area contributed by atoms with Gasteiger partial charge in [0.25, 0.3) is 5.91 Å². The van der Waals surface area contributed by atoms with Crippen molar-refractivity contribution in [1.82, 2.24) is 15.1 Å². The molecule has 1 heterocycles. The summed E-state index contributed by atoms with van der Waals surface area (Å²) >= 11 is 12.9. The quantitative estimate of drug-likeness (QED) is 0.434. The molecule has 0 unspecified atom stereocenters. The van der Waals surface area contributed by atoms with E-state index in [1.807, 2.05) is 6.92 Å². The minimum Gasteiger partial charge on any atom is -0.374 e. The number of carbonyl (C=O) groups is 1. The second-order valence-corrected chi connectivity index (χ2v) is 12.2. The van der Waals surface area contributed by atoms with Crippen LogP contribution in [0.5, 0.6) is 0 Å². The lowest BCUT2D eigenvalue weighted by Gasteiger charge is -2.27. The highest BCUT2D eigenvalue weighted by atomic mass is 35.5. The van der Waals surface area contributed by atoms with Crippen LogP contribution in [0.4, 0.5) is 18.9 Å². The molecule has 1 atom stereocenters. The number of nitrogens with one attached hydrogen (secondary N) is 2. The van der Waals surface area contributed by atoms with Gasteiger partial charge in [0.15, 0.2) is 5.69 Å². The van der Waals surface area contributed by atoms with E-state index in [1.165, 1.54) is 29.1 Å². The Morgan fingerprint density at radius 2 is 1.86 bits per heavy atom. The lowest BCUT2D eigenvalue weighted by molar-refractivity contribution is -0.138. The lowest BCUT2D eigenvalue weighted by atomic mass is 9.89. The number of alkyl halides is 3. The number of hydrogen-bond acceptors (Lipinski definition) is 5. The van der Waals surface area contributed by atoms with Crippen molar-refractivity contribution in [2.24, 2.45) is 5.92 Å². The van der Waals surface area contributed by atoms with Crippen molar-refractivity contribution in [1.29, 1.82) is 0 Å². The van der Waals surface area contributed by atoms with E-state index in [2.05, 4.69) is 15.7 Å². The Morgan fingerprint density at radius 3 is 2.39 bits per heavy atom. The molecule has 1 aromatic heterocycles. The minimum atomic E-state index is -4.41. The third kappa shape index (κ3) is 6.66. The van der Waals surface area contributed by atoms with Crippen LogP contribution in [0.15, 0.2) is 18.2 Å². The van der Waals surface area contributed by atoms with Crippen molar-refractivity contribution in [3.05, 3.63) is 33.9 Å². The van der Waals surface area contributed by atoms with Crippen molar-refractivity contribution in [3.63, 3.8) is 0 Å². The standard InChI is InChI=1S/C23H29Cl2F3N4O3S/c1-4-32-21(17-10-7-15(11-18(17)24)30-13(2)23(26,27)28)19(25)20(31-32)22(33)29-12-14-5-8-16(9-6-14)36(3,34)35/h7,10-11,13-14,16,30H,4-6,8-9,12H2,1-3H3,(H,29,33)/t13-,14?,16?/m1/s1. The number of anilines is 1. The summed E-state index contributed by atoms with van der Waals surface area (Å²) in [5.74, 6) is -0.306. The molecule has 2 N–H and O–H groups in total. The molecule has 0 spiro atoms. The molecule has 0 radical (unpaired) electrons. The second kappa shape index (κ2) is 11.2. The maximum atomic E-state index is 12.9. The van der Waals surface area contributed by atoms with Gasteiger partial charge in [-0.3, -0.25) is 9.48 Å². The van der Waals surface area contributed by atoms with Crippen LogP contribution >= 0.6 is 23.2 Å². The number of aromatic nitrogens is 2. The van der Waals surface area contributed by atoms with Gasteiger partial charge in [0.2, 0.25) is 0 Å². The maximum Gasteiger partial charge on any atom is 0.408 e. The zero-order valence-corrected chi connectivity index (χ0v) is 22.5. The van der Waals surface area contributed by atoms with Gasteiger partial charge >= 0.3 is 6.18 Å². The number of amides is 1. The number of hydrogen-bond donors (Lipinski definition) is 2. The SMILES string of the molecule is CCn1nc(C(=O)NCC2CCC(S(C)(=O)=O)CC2)c(Cl)c1-c1ccc(N[C@H](C)C(F)(F)F)cc1Cl. The summed E-state index contributed by atoms with van der Waals surface area (Å²) < 4.78 is 63.6. The highest BCUT2D eigenvalue weighted by molar-refractivity contribution is 7.91. The number of halogens is 5. The zero-order valence-electron chi connectivity index (χ0n) is 20.1. The summed E-state index contributed by atoms with van der Waals surface area (Å²) in [6, 6.07) is 2.60. The molecule has 13 heteroatoms. The minimum absolute atomic E-state index is 0.0160. The molecule has 200 valence electrons. The highest BCUT2D eigenvalue weighted by Crippen LogP contribution is 2.37. The van der Waals surface area contributed by atoms with Gasteiger partial charge in [-0.2, -0.15) is 18.3 Å². The Morgan fingerprint density at radius 1 is 1.22 bits per heavy atom. The summed E-state index contributed by atoms with van der Waals surface area (Å²) in [4.78, 5) is 12.9. The molecule has 0 saturated heterocycles. The molecule has 1 aromatic carbocycles. The predicted molar refractivity (Wildman–Crippen MR) is 135 cm³/mol. The number of carbonyl (C=O) groups excluding carboxylic acids is 1. The van der Waals surface area contributed by atoms with E-state index in [4.69, 9.17) is 23.2 Å². The molecule has 1 aliphatic carbocycles. The Balaban J connectivity index is 1.74. The Kier molecular flexibility index (Phi) is 8.88. The Labute approximate surface area is 218 Å². The summed E-state index contributed by atoms with van der Waals surface area (Å²) in [6.07, 6.45) is -0.625. The van der Waals surface area contributed by atoms with E-state index in [0.717, 1.165) is 6.92 Å². The van der Waals surface area contributed by atoms with Crippen LogP contribution in [0.3, 0.4) is 0 Å². The molecule has 0 bridgehead atoms. The Hall–Kier alpha value is -1.98. The molecular weight excluding hydrogens is 540 g/mol. The van der Waals surface area contributed by atoms with Crippen molar-refractivity contribution in [2.45, 2.75) is 63.5 Å². The molecule has 2 aromatic rings. The van der Waals surface area contributed by atoms with Gasteiger partial charge < -0.3 is 10.6 Å². The third-order valence-corrected chi connectivity index (χ3v) is 8.81. The maximum absolute atomic E-state index is 12.9. The van der Waals surface area contributed by atoms with Gasteiger partial charge in [0.1, 0.15) is 15.9 Å². The number of sulfone groups is 1. The topological polar surface area (TPSA) is 93.1 Å². The van der Waals surface area contributed by atoms with E-state index in [1.54, 1.807) is 0 Å². The van der Waals surface area contributed by atoms with E-state index < -0.39 is 28.0 Å². The zero-order chi connectivity index (χ0) is 26.8. The van der Waals surface area contributed by atoms with Crippen LogP contribution in [0, 0.1) is 5.92 Å². The molecule has 1 saturated carbocycles. The first-order valence-electron chi connectivity index (χ1n) is 11.6. The average molecular weight is 569 g/mol. The van der Waals surface area contributed by atoms with Crippen molar-refractivity contribution < 1.29 is 26.4 Å². The molecule has 1 fully saturated rings. The number of rotatable bonds is 8. The average Bonchev–Trinajstić information content (AvgIpc) is 3.13. The normalized spacial score (nSPS) is 19.7. The molecule has 7 nitrogen and oxygen atoms in total. The fraction of sp³-hybridized carbons (Fsp3) is 0.565. The van der Waals surface area contributed by atoms with E-state index in [0.29, 0.717) is 50.0 Å². The van der Waals surface area contributed by atoms with Crippen molar-refractivity contribution in [3.8, 4) is 11.3 Å². The fourth-order valence-corrected chi connectivity index (χ4v) is 6.01. The third-order valence-electron chi connectivity index (χ3n) is 6.46. The smallest absolute Gasteiger partial charge is 0.374 e. The highest BCUT2D eigenvalue weighted by Gasteiger charge is 2.36. The fourth-order valence-electron chi connectivity index (χ4n) is 4.28. The van der Waals surface area contributed by atoms with Crippen molar-refractivity contribution in [2.75, 3.05) is 18.1 Å². The second-order valence-electron chi connectivity index (χ2n) is 9.11. The lowest BCUT2D eigenvalue weighted by Crippen LogP contribution is -2.34. The van der Waals surface area contributed by atoms with E-state index in [9.17, 15) is 26.4 Å². The van der Waals surface area contributed by atoms with Gasteiger partial charge in [-0.05, 0) is 63.6 Å². The van der Waals surface area contributed by atoms with E-state index in [-0.39, 0.29) is 32.6 Å². The van der Waals surface area contributed by atoms with Gasteiger partial charge in [-0.25, -0.2) is 8.42 Å². The van der Waals surface area contributed by atoms with Crippen LogP contribution in [0.25, 0.3) is 11.3 Å². The van der Waals surface area contributed by atoms with Gasteiger partial charge in [-0.1, -0.05) is 23.2 Å². The van der Waals surface area contributed by atoms with Gasteiger partial charge in [0.05, 0.1) is 21.0 Å². The molecule has 36 heavy (non-hydrogen) atoms. The summed E-state index contributed by atoms with van der Waals surface area (Å²) in [7, 11) is -3.06. The molecule has 3 rings (SSSR count). The molecule has 0 aliphatic heterocycles. The first kappa shape index (κ1) is 28.6.